The monoisotopic (exact) mass is 433 g/mol. The van der Waals surface area contributed by atoms with Crippen molar-refractivity contribution < 1.29 is 28.6 Å². The molecule has 168 valence electrons. The summed E-state index contributed by atoms with van der Waals surface area (Å²) in [4.78, 5) is 43.5. The minimum Gasteiger partial charge on any atom is -0.442 e. The number of aromatic nitrogens is 2. The maximum Gasteiger partial charge on any atom is 0.410 e. The van der Waals surface area contributed by atoms with Crippen LogP contribution in [-0.4, -0.2) is 113 Å². The van der Waals surface area contributed by atoms with Gasteiger partial charge in [0.25, 0.3) is 11.8 Å². The van der Waals surface area contributed by atoms with E-state index < -0.39 is 6.10 Å². The number of rotatable bonds is 3. The van der Waals surface area contributed by atoms with Crippen LogP contribution in [0.3, 0.4) is 0 Å². The second-order valence-electron chi connectivity index (χ2n) is 8.56. The third kappa shape index (κ3) is 3.55. The first kappa shape index (κ1) is 20.3. The Labute approximate surface area is 179 Å². The Morgan fingerprint density at radius 3 is 2.71 bits per heavy atom. The smallest absolute Gasteiger partial charge is 0.410 e. The van der Waals surface area contributed by atoms with Crippen LogP contribution in [0.15, 0.2) is 6.07 Å². The third-order valence-electron chi connectivity index (χ3n) is 6.53. The van der Waals surface area contributed by atoms with E-state index in [1.54, 1.807) is 32.5 Å². The number of fused-ring (bicyclic) bond motifs is 1. The standard InChI is InChI=1S/C20H27N5O6/c1-12-7-14(22(2)21-12)18(26)23-4-3-13(8-23)25-15-9-24(10-16(15)31-20(25)28)19(27)17-11-29-5-6-30-17/h7,13,15-17H,3-6,8-11H2,1-2H3/t13?,15-,16+,17?/m1/s1. The fraction of sp³-hybridized carbons (Fsp3) is 0.700. The van der Waals surface area contributed by atoms with Crippen LogP contribution in [0.5, 0.6) is 0 Å². The van der Waals surface area contributed by atoms with E-state index >= 15 is 0 Å². The van der Waals surface area contributed by atoms with Crippen LogP contribution >= 0.6 is 0 Å². The van der Waals surface area contributed by atoms with Crippen molar-refractivity contribution in [3.63, 3.8) is 0 Å². The molecule has 31 heavy (non-hydrogen) atoms. The second-order valence-corrected chi connectivity index (χ2v) is 8.56. The predicted molar refractivity (Wildman–Crippen MR) is 105 cm³/mol. The SMILES string of the molecule is Cc1cc(C(=O)N2CCC(N3C(=O)O[C@H]4CN(C(=O)C5COCCO5)C[C@H]43)C2)n(C)n1. The zero-order valence-electron chi connectivity index (χ0n) is 17.7. The zero-order valence-corrected chi connectivity index (χ0v) is 17.7. The molecular formula is C20H27N5O6. The van der Waals surface area contributed by atoms with Crippen molar-refractivity contribution in [3.8, 4) is 0 Å². The van der Waals surface area contributed by atoms with Crippen LogP contribution in [0.4, 0.5) is 4.79 Å². The maximum absolute atomic E-state index is 12.9. The molecule has 1 aromatic heterocycles. The summed E-state index contributed by atoms with van der Waals surface area (Å²) in [5.41, 5.74) is 1.32. The Kier molecular flexibility index (Phi) is 5.09. The average molecular weight is 433 g/mol. The highest BCUT2D eigenvalue weighted by atomic mass is 16.6. The van der Waals surface area contributed by atoms with Gasteiger partial charge in [-0.2, -0.15) is 5.10 Å². The molecule has 4 fully saturated rings. The van der Waals surface area contributed by atoms with Gasteiger partial charge in [0, 0.05) is 26.7 Å². The minimum absolute atomic E-state index is 0.0904. The number of likely N-dealkylation sites (tertiary alicyclic amines) is 2. The van der Waals surface area contributed by atoms with Gasteiger partial charge in [0.2, 0.25) is 0 Å². The van der Waals surface area contributed by atoms with Gasteiger partial charge in [0.05, 0.1) is 44.1 Å². The molecule has 5 heterocycles. The lowest BCUT2D eigenvalue weighted by Gasteiger charge is -2.30. The maximum atomic E-state index is 12.9. The van der Waals surface area contributed by atoms with Crippen molar-refractivity contribution in [3.05, 3.63) is 17.5 Å². The fourth-order valence-corrected chi connectivity index (χ4v) is 5.03. The molecular weight excluding hydrogens is 406 g/mol. The predicted octanol–water partition coefficient (Wildman–Crippen LogP) is -0.610. The molecule has 0 bridgehead atoms. The van der Waals surface area contributed by atoms with Gasteiger partial charge in [-0.05, 0) is 19.4 Å². The first-order valence-corrected chi connectivity index (χ1v) is 10.7. The lowest BCUT2D eigenvalue weighted by atomic mass is 10.1. The van der Waals surface area contributed by atoms with Gasteiger partial charge < -0.3 is 24.0 Å². The highest BCUT2D eigenvalue weighted by Gasteiger charge is 2.53. The summed E-state index contributed by atoms with van der Waals surface area (Å²) < 4.78 is 18.0. The van der Waals surface area contributed by atoms with Gasteiger partial charge in [-0.1, -0.05) is 0 Å². The summed E-state index contributed by atoms with van der Waals surface area (Å²) in [6.07, 6.45) is -0.645. The molecule has 0 saturated carbocycles. The van der Waals surface area contributed by atoms with Gasteiger partial charge in [0.1, 0.15) is 11.8 Å². The average Bonchev–Trinajstić information content (AvgIpc) is 3.51. The number of hydrogen-bond acceptors (Lipinski definition) is 7. The Balaban J connectivity index is 1.24. The summed E-state index contributed by atoms with van der Waals surface area (Å²) in [7, 11) is 1.75. The Morgan fingerprint density at radius 2 is 2.00 bits per heavy atom. The molecule has 0 aromatic carbocycles. The summed E-state index contributed by atoms with van der Waals surface area (Å²) in [6, 6.07) is 1.43. The van der Waals surface area contributed by atoms with E-state index in [1.165, 1.54) is 0 Å². The zero-order chi connectivity index (χ0) is 21.7. The quantitative estimate of drug-likeness (QED) is 0.626. The van der Waals surface area contributed by atoms with Gasteiger partial charge in [0.15, 0.2) is 6.10 Å². The Bertz CT molecular complexity index is 897. The van der Waals surface area contributed by atoms with Crippen molar-refractivity contribution in [1.82, 2.24) is 24.5 Å². The van der Waals surface area contributed by atoms with Crippen molar-refractivity contribution in [2.75, 3.05) is 46.0 Å². The van der Waals surface area contributed by atoms with E-state index in [-0.39, 0.29) is 42.7 Å². The molecule has 4 aliphatic rings. The van der Waals surface area contributed by atoms with E-state index in [9.17, 15) is 14.4 Å². The lowest BCUT2D eigenvalue weighted by molar-refractivity contribution is -0.157. The first-order chi connectivity index (χ1) is 14.9. The molecule has 11 nitrogen and oxygen atoms in total. The normalized spacial score (nSPS) is 30.6. The number of aryl methyl sites for hydroxylation is 2. The number of hydrogen-bond donors (Lipinski definition) is 0. The van der Waals surface area contributed by atoms with E-state index in [2.05, 4.69) is 5.10 Å². The summed E-state index contributed by atoms with van der Waals surface area (Å²) in [5.74, 6) is -0.215. The van der Waals surface area contributed by atoms with Gasteiger partial charge in [-0.3, -0.25) is 19.2 Å². The summed E-state index contributed by atoms with van der Waals surface area (Å²) in [5, 5.41) is 4.25. The lowest BCUT2D eigenvalue weighted by Crippen LogP contribution is -2.49. The molecule has 4 aliphatic heterocycles. The number of carbonyl (C=O) groups excluding carboxylic acids is 3. The van der Waals surface area contributed by atoms with E-state index in [0.717, 1.165) is 5.69 Å². The van der Waals surface area contributed by atoms with Crippen molar-refractivity contribution in [2.24, 2.45) is 7.05 Å². The van der Waals surface area contributed by atoms with Crippen molar-refractivity contribution in [2.45, 2.75) is 37.6 Å². The molecule has 0 aliphatic carbocycles. The molecule has 4 saturated heterocycles. The van der Waals surface area contributed by atoms with Crippen LogP contribution in [0.25, 0.3) is 0 Å². The van der Waals surface area contributed by atoms with Crippen LogP contribution in [-0.2, 0) is 26.1 Å². The molecule has 4 atom stereocenters. The highest BCUT2D eigenvalue weighted by Crippen LogP contribution is 2.32. The summed E-state index contributed by atoms with van der Waals surface area (Å²) >= 11 is 0. The molecule has 3 amide bonds. The van der Waals surface area contributed by atoms with Gasteiger partial charge in [-0.15, -0.1) is 0 Å². The minimum atomic E-state index is -0.598. The van der Waals surface area contributed by atoms with Crippen LogP contribution in [0.2, 0.25) is 0 Å². The molecule has 1 aromatic rings. The topological polar surface area (TPSA) is 106 Å². The van der Waals surface area contributed by atoms with Crippen LogP contribution < -0.4 is 0 Å². The molecule has 5 rings (SSSR count). The van der Waals surface area contributed by atoms with E-state index in [0.29, 0.717) is 51.5 Å². The van der Waals surface area contributed by atoms with Crippen molar-refractivity contribution >= 4 is 17.9 Å². The van der Waals surface area contributed by atoms with Gasteiger partial charge in [-0.25, -0.2) is 4.79 Å². The molecule has 11 heteroatoms. The third-order valence-corrected chi connectivity index (χ3v) is 6.53. The second kappa shape index (κ2) is 7.79. The first-order valence-electron chi connectivity index (χ1n) is 10.7. The molecule has 2 unspecified atom stereocenters. The van der Waals surface area contributed by atoms with Gasteiger partial charge >= 0.3 is 6.09 Å². The number of ether oxygens (including phenoxy) is 3. The Hall–Kier alpha value is -2.66. The largest absolute Gasteiger partial charge is 0.442 e. The van der Waals surface area contributed by atoms with E-state index in [4.69, 9.17) is 14.2 Å². The molecule has 0 radical (unpaired) electrons. The van der Waals surface area contributed by atoms with Crippen LogP contribution in [0, 0.1) is 6.92 Å². The van der Waals surface area contributed by atoms with Crippen LogP contribution in [0.1, 0.15) is 22.6 Å². The number of carbonyl (C=O) groups is 3. The molecule has 0 spiro atoms. The fourth-order valence-electron chi connectivity index (χ4n) is 5.03. The molecule has 0 N–H and O–H groups in total. The summed E-state index contributed by atoms with van der Waals surface area (Å²) in [6.45, 7) is 4.76. The highest BCUT2D eigenvalue weighted by molar-refractivity contribution is 5.93. The van der Waals surface area contributed by atoms with Crippen molar-refractivity contribution in [1.29, 1.82) is 0 Å². The number of amides is 3. The number of nitrogens with zero attached hydrogens (tertiary/aromatic N) is 5. The Morgan fingerprint density at radius 1 is 1.16 bits per heavy atom. The van der Waals surface area contributed by atoms with E-state index in [1.807, 2.05) is 6.92 Å².